The second-order valence-corrected chi connectivity index (χ2v) is 6.57. The first-order valence-corrected chi connectivity index (χ1v) is 8.96. The molecule has 138 valence electrons. The molecule has 0 bridgehead atoms. The molecule has 1 N–H and O–H groups in total. The summed E-state index contributed by atoms with van der Waals surface area (Å²) in [6.07, 6.45) is -0.329. The summed E-state index contributed by atoms with van der Waals surface area (Å²) in [6.45, 7) is 6.67. The topological polar surface area (TPSA) is 47.9 Å². The van der Waals surface area contributed by atoms with Crippen molar-refractivity contribution in [2.24, 2.45) is 5.92 Å². The molecular formula is C22H26O4. The highest BCUT2D eigenvalue weighted by Gasteiger charge is 2.44. The van der Waals surface area contributed by atoms with Crippen molar-refractivity contribution in [2.45, 2.75) is 44.7 Å². The van der Waals surface area contributed by atoms with Gasteiger partial charge < -0.3 is 19.3 Å². The lowest BCUT2D eigenvalue weighted by atomic mass is 9.89. The molecule has 0 amide bonds. The van der Waals surface area contributed by atoms with Gasteiger partial charge >= 0.3 is 0 Å². The van der Waals surface area contributed by atoms with Crippen molar-refractivity contribution in [3.05, 3.63) is 84.4 Å². The Morgan fingerprint density at radius 3 is 1.92 bits per heavy atom. The van der Waals surface area contributed by atoms with E-state index in [2.05, 4.69) is 6.58 Å². The van der Waals surface area contributed by atoms with E-state index in [1.54, 1.807) is 0 Å². The van der Waals surface area contributed by atoms with Gasteiger partial charge in [-0.25, -0.2) is 0 Å². The standard InChI is InChI=1S/C22H26O4/c1-3-19-16(2)26-22(23)21(25-15-18-12-8-5-9-13-18)20(19)24-14-17-10-6-4-7-11-17/h3-13,16,19-23H,1,14-15H2,2H3. The van der Waals surface area contributed by atoms with Crippen LogP contribution in [0.15, 0.2) is 73.3 Å². The lowest BCUT2D eigenvalue weighted by Crippen LogP contribution is -2.55. The van der Waals surface area contributed by atoms with Crippen molar-refractivity contribution in [2.75, 3.05) is 0 Å². The molecule has 26 heavy (non-hydrogen) atoms. The van der Waals surface area contributed by atoms with E-state index in [0.717, 1.165) is 11.1 Å². The molecule has 1 aliphatic heterocycles. The average molecular weight is 354 g/mol. The van der Waals surface area contributed by atoms with Gasteiger partial charge in [-0.2, -0.15) is 0 Å². The Kier molecular flexibility index (Phi) is 6.58. The predicted octanol–water partition coefficient (Wildman–Crippen LogP) is 3.70. The van der Waals surface area contributed by atoms with Crippen LogP contribution in [0.25, 0.3) is 0 Å². The molecule has 5 atom stereocenters. The zero-order chi connectivity index (χ0) is 18.4. The van der Waals surface area contributed by atoms with Crippen LogP contribution < -0.4 is 0 Å². The van der Waals surface area contributed by atoms with Crippen LogP contribution in [-0.4, -0.2) is 29.7 Å². The van der Waals surface area contributed by atoms with Gasteiger partial charge in [0.25, 0.3) is 0 Å². The number of aliphatic hydroxyl groups excluding tert-OH is 1. The Balaban J connectivity index is 1.72. The SMILES string of the molecule is C=CC1C(C)OC(O)C(OCc2ccccc2)C1OCc1ccccc1. The van der Waals surface area contributed by atoms with Gasteiger partial charge in [-0.1, -0.05) is 66.7 Å². The summed E-state index contributed by atoms with van der Waals surface area (Å²) in [5, 5.41) is 10.4. The van der Waals surface area contributed by atoms with E-state index in [4.69, 9.17) is 14.2 Å². The first-order valence-electron chi connectivity index (χ1n) is 8.96. The van der Waals surface area contributed by atoms with Gasteiger partial charge in [0, 0.05) is 5.92 Å². The maximum Gasteiger partial charge on any atom is 0.184 e. The van der Waals surface area contributed by atoms with Crippen LogP contribution in [-0.2, 0) is 27.4 Å². The van der Waals surface area contributed by atoms with E-state index < -0.39 is 12.4 Å². The number of aliphatic hydroxyl groups is 1. The van der Waals surface area contributed by atoms with Crippen molar-refractivity contribution in [1.29, 1.82) is 0 Å². The molecule has 0 radical (unpaired) electrons. The predicted molar refractivity (Wildman–Crippen MR) is 100 cm³/mol. The van der Waals surface area contributed by atoms with Gasteiger partial charge in [0.05, 0.1) is 25.4 Å². The van der Waals surface area contributed by atoms with E-state index in [0.29, 0.717) is 13.2 Å². The van der Waals surface area contributed by atoms with Crippen LogP contribution in [0.2, 0.25) is 0 Å². The number of rotatable bonds is 7. The molecule has 0 aromatic heterocycles. The number of ether oxygens (including phenoxy) is 3. The van der Waals surface area contributed by atoms with E-state index in [-0.39, 0.29) is 18.1 Å². The van der Waals surface area contributed by atoms with E-state index in [9.17, 15) is 5.11 Å². The molecule has 5 unspecified atom stereocenters. The van der Waals surface area contributed by atoms with Gasteiger partial charge in [0.1, 0.15) is 6.10 Å². The Bertz CT molecular complexity index is 673. The highest BCUT2D eigenvalue weighted by molar-refractivity contribution is 5.14. The van der Waals surface area contributed by atoms with E-state index in [1.165, 1.54) is 0 Å². The summed E-state index contributed by atoms with van der Waals surface area (Å²) >= 11 is 0. The average Bonchev–Trinajstić information content (AvgIpc) is 2.67. The van der Waals surface area contributed by atoms with Crippen LogP contribution in [0.5, 0.6) is 0 Å². The molecule has 2 aromatic carbocycles. The van der Waals surface area contributed by atoms with E-state index >= 15 is 0 Å². The van der Waals surface area contributed by atoms with Crippen LogP contribution in [0.1, 0.15) is 18.1 Å². The van der Waals surface area contributed by atoms with Crippen LogP contribution in [0.4, 0.5) is 0 Å². The van der Waals surface area contributed by atoms with Crippen molar-refractivity contribution in [1.82, 2.24) is 0 Å². The highest BCUT2D eigenvalue weighted by atomic mass is 16.7. The fourth-order valence-corrected chi connectivity index (χ4v) is 3.28. The summed E-state index contributed by atoms with van der Waals surface area (Å²) in [5.41, 5.74) is 2.11. The monoisotopic (exact) mass is 354 g/mol. The summed E-state index contributed by atoms with van der Waals surface area (Å²) in [4.78, 5) is 0. The fourth-order valence-electron chi connectivity index (χ4n) is 3.28. The van der Waals surface area contributed by atoms with Crippen LogP contribution in [0, 0.1) is 5.92 Å². The third-order valence-corrected chi connectivity index (χ3v) is 4.72. The van der Waals surface area contributed by atoms with Gasteiger partial charge in [-0.05, 0) is 18.1 Å². The Morgan fingerprint density at radius 2 is 1.42 bits per heavy atom. The van der Waals surface area contributed by atoms with E-state index in [1.807, 2.05) is 73.7 Å². The quantitative estimate of drug-likeness (QED) is 0.770. The maximum atomic E-state index is 10.4. The van der Waals surface area contributed by atoms with Crippen molar-refractivity contribution in [3.8, 4) is 0 Å². The molecule has 0 aliphatic carbocycles. The Morgan fingerprint density at radius 1 is 0.923 bits per heavy atom. The first-order chi connectivity index (χ1) is 12.7. The van der Waals surface area contributed by atoms with Crippen molar-refractivity contribution >= 4 is 0 Å². The summed E-state index contributed by atoms with van der Waals surface area (Å²) in [7, 11) is 0. The van der Waals surface area contributed by atoms with Crippen LogP contribution in [0.3, 0.4) is 0 Å². The minimum absolute atomic E-state index is 0.0668. The second-order valence-electron chi connectivity index (χ2n) is 6.57. The fraction of sp³-hybridized carbons (Fsp3) is 0.364. The zero-order valence-electron chi connectivity index (χ0n) is 15.0. The maximum absolute atomic E-state index is 10.4. The molecule has 0 spiro atoms. The van der Waals surface area contributed by atoms with Crippen LogP contribution >= 0.6 is 0 Å². The molecule has 3 rings (SSSR count). The molecule has 4 heteroatoms. The third kappa shape index (κ3) is 4.59. The van der Waals surface area contributed by atoms with Crippen molar-refractivity contribution in [3.63, 3.8) is 0 Å². The number of hydrogen-bond donors (Lipinski definition) is 1. The normalized spacial score (nSPS) is 28.6. The third-order valence-electron chi connectivity index (χ3n) is 4.72. The Hall–Kier alpha value is -1.98. The summed E-state index contributed by atoms with van der Waals surface area (Å²) in [5.74, 6) is -0.0668. The minimum Gasteiger partial charge on any atom is -0.370 e. The molecule has 1 fully saturated rings. The molecular weight excluding hydrogens is 328 g/mol. The van der Waals surface area contributed by atoms with Gasteiger partial charge in [-0.15, -0.1) is 6.58 Å². The van der Waals surface area contributed by atoms with Gasteiger partial charge in [-0.3, -0.25) is 0 Å². The van der Waals surface area contributed by atoms with Gasteiger partial charge in [0.2, 0.25) is 0 Å². The minimum atomic E-state index is -1.04. The first kappa shape index (κ1) is 18.8. The van der Waals surface area contributed by atoms with Gasteiger partial charge in [0.15, 0.2) is 6.29 Å². The number of hydrogen-bond acceptors (Lipinski definition) is 4. The molecule has 4 nitrogen and oxygen atoms in total. The second kappa shape index (κ2) is 9.10. The molecule has 0 saturated carbocycles. The molecule has 1 saturated heterocycles. The summed E-state index contributed by atoms with van der Waals surface area (Å²) < 4.78 is 17.8. The van der Waals surface area contributed by atoms with Crippen molar-refractivity contribution < 1.29 is 19.3 Å². The Labute approximate surface area is 155 Å². The number of benzene rings is 2. The lowest BCUT2D eigenvalue weighted by molar-refractivity contribution is -0.282. The zero-order valence-corrected chi connectivity index (χ0v) is 15.0. The smallest absolute Gasteiger partial charge is 0.184 e. The largest absolute Gasteiger partial charge is 0.370 e. The molecule has 1 heterocycles. The summed E-state index contributed by atoms with van der Waals surface area (Å²) in [6, 6.07) is 19.8. The molecule has 1 aliphatic rings. The lowest BCUT2D eigenvalue weighted by Gasteiger charge is -2.42. The molecule has 2 aromatic rings. The highest BCUT2D eigenvalue weighted by Crippen LogP contribution is 2.31.